The van der Waals surface area contributed by atoms with Crippen LogP contribution in [0.1, 0.15) is 10.4 Å². The molecule has 19 heavy (non-hydrogen) atoms. The third-order valence-corrected chi connectivity index (χ3v) is 3.40. The number of carbonyl (C=O) groups excluding carboxylic acids is 2. The lowest BCUT2D eigenvalue weighted by molar-refractivity contribution is 0.0953. The molecule has 3 amide bonds. The van der Waals surface area contributed by atoms with Crippen LogP contribution in [0.5, 0.6) is 0 Å². The molecule has 5 nitrogen and oxygen atoms in total. The van der Waals surface area contributed by atoms with Crippen LogP contribution < -0.4 is 10.6 Å². The quantitative estimate of drug-likeness (QED) is 0.605. The summed E-state index contributed by atoms with van der Waals surface area (Å²) < 4.78 is 0.792. The number of carbonyl (C=O) groups is 2. The van der Waals surface area contributed by atoms with E-state index in [1.807, 2.05) is 0 Å². The van der Waals surface area contributed by atoms with Crippen molar-refractivity contribution in [2.75, 3.05) is 27.2 Å². The summed E-state index contributed by atoms with van der Waals surface area (Å²) in [6.45, 7) is 0.754. The van der Waals surface area contributed by atoms with E-state index >= 15 is 0 Å². The van der Waals surface area contributed by atoms with Gasteiger partial charge in [-0.1, -0.05) is 11.6 Å². The van der Waals surface area contributed by atoms with E-state index in [-0.39, 0.29) is 11.9 Å². The Balaban J connectivity index is 2.41. The van der Waals surface area contributed by atoms with Crippen molar-refractivity contribution in [3.63, 3.8) is 0 Å². The van der Waals surface area contributed by atoms with Gasteiger partial charge in [-0.3, -0.25) is 4.79 Å². The predicted octanol–water partition coefficient (Wildman–Crippen LogP) is 1.95. The molecule has 1 aromatic carbocycles. The molecule has 0 aliphatic heterocycles. The first-order valence-electron chi connectivity index (χ1n) is 5.60. The predicted molar refractivity (Wildman–Crippen MR) is 83.6 cm³/mol. The van der Waals surface area contributed by atoms with Crippen LogP contribution in [0.25, 0.3) is 0 Å². The highest BCUT2D eigenvalue weighted by Gasteiger charge is 2.09. The molecule has 0 aromatic heterocycles. The minimum atomic E-state index is -0.185. The number of nitrogens with zero attached hydrogens (tertiary/aromatic N) is 1. The Labute approximate surface area is 130 Å². The standard InChI is InChI=1S/C12H15ClIN3O2/c1-17(2)12(19)16-6-5-15-11(18)9-4-3-8(13)7-10(9)14/h3-4,7H,5-6H2,1-2H3,(H,15,18)(H,16,19). The van der Waals surface area contributed by atoms with Crippen LogP contribution in [0.3, 0.4) is 0 Å². The van der Waals surface area contributed by atoms with Gasteiger partial charge in [0.25, 0.3) is 5.91 Å². The second-order valence-electron chi connectivity index (χ2n) is 4.01. The van der Waals surface area contributed by atoms with E-state index in [4.69, 9.17) is 11.6 Å². The topological polar surface area (TPSA) is 61.4 Å². The lowest BCUT2D eigenvalue weighted by atomic mass is 10.2. The maximum absolute atomic E-state index is 11.9. The Morgan fingerprint density at radius 3 is 2.47 bits per heavy atom. The van der Waals surface area contributed by atoms with Crippen LogP contribution >= 0.6 is 34.2 Å². The molecule has 0 fully saturated rings. The summed E-state index contributed by atoms with van der Waals surface area (Å²) in [6, 6.07) is 4.89. The smallest absolute Gasteiger partial charge is 0.316 e. The zero-order valence-corrected chi connectivity index (χ0v) is 13.6. The Morgan fingerprint density at radius 1 is 1.26 bits per heavy atom. The highest BCUT2D eigenvalue weighted by molar-refractivity contribution is 14.1. The van der Waals surface area contributed by atoms with Crippen molar-refractivity contribution in [1.29, 1.82) is 0 Å². The maximum atomic E-state index is 11.9. The molecule has 104 valence electrons. The van der Waals surface area contributed by atoms with E-state index in [0.717, 1.165) is 3.57 Å². The first kappa shape index (κ1) is 16.0. The minimum absolute atomic E-state index is 0.180. The normalized spacial score (nSPS) is 9.89. The minimum Gasteiger partial charge on any atom is -0.350 e. The van der Waals surface area contributed by atoms with Gasteiger partial charge in [0.15, 0.2) is 0 Å². The monoisotopic (exact) mass is 395 g/mol. The SMILES string of the molecule is CN(C)C(=O)NCCNC(=O)c1ccc(Cl)cc1I. The van der Waals surface area contributed by atoms with Crippen molar-refractivity contribution in [3.8, 4) is 0 Å². The molecule has 7 heteroatoms. The molecule has 0 radical (unpaired) electrons. The third kappa shape index (κ3) is 5.23. The van der Waals surface area contributed by atoms with Crippen LogP contribution in [0.15, 0.2) is 18.2 Å². The summed E-state index contributed by atoms with van der Waals surface area (Å²) in [5.74, 6) is -0.180. The largest absolute Gasteiger partial charge is 0.350 e. The van der Waals surface area contributed by atoms with Gasteiger partial charge in [0.2, 0.25) is 0 Å². The van der Waals surface area contributed by atoms with E-state index in [9.17, 15) is 9.59 Å². The van der Waals surface area contributed by atoms with Gasteiger partial charge >= 0.3 is 6.03 Å². The van der Waals surface area contributed by atoms with Crippen molar-refractivity contribution in [3.05, 3.63) is 32.4 Å². The van der Waals surface area contributed by atoms with Crippen molar-refractivity contribution < 1.29 is 9.59 Å². The molecule has 2 N–H and O–H groups in total. The van der Waals surface area contributed by atoms with Crippen LogP contribution in [0, 0.1) is 3.57 Å². The van der Waals surface area contributed by atoms with E-state index in [1.54, 1.807) is 32.3 Å². The highest BCUT2D eigenvalue weighted by Crippen LogP contribution is 2.17. The van der Waals surface area contributed by atoms with Gasteiger partial charge in [-0.05, 0) is 40.8 Å². The lowest BCUT2D eigenvalue weighted by Crippen LogP contribution is -2.39. The van der Waals surface area contributed by atoms with E-state index < -0.39 is 0 Å². The molecule has 1 aromatic rings. The Bertz CT molecular complexity index is 480. The summed E-state index contributed by atoms with van der Waals surface area (Å²) in [5.41, 5.74) is 0.573. The fourth-order valence-corrected chi connectivity index (χ4v) is 2.39. The van der Waals surface area contributed by atoms with Gasteiger partial charge in [-0.25, -0.2) is 4.79 Å². The molecule has 0 aliphatic rings. The number of hydrogen-bond donors (Lipinski definition) is 2. The Hall–Kier alpha value is -1.02. The molecular formula is C12H15ClIN3O2. The van der Waals surface area contributed by atoms with E-state index in [1.165, 1.54) is 4.90 Å². The molecule has 0 heterocycles. The Morgan fingerprint density at radius 2 is 1.89 bits per heavy atom. The summed E-state index contributed by atoms with van der Waals surface area (Å²) in [5, 5.41) is 5.99. The van der Waals surface area contributed by atoms with Crippen molar-refractivity contribution in [2.24, 2.45) is 0 Å². The van der Waals surface area contributed by atoms with Gasteiger partial charge in [0.05, 0.1) is 5.56 Å². The third-order valence-electron chi connectivity index (χ3n) is 2.27. The lowest BCUT2D eigenvalue weighted by Gasteiger charge is -2.12. The van der Waals surface area contributed by atoms with Gasteiger partial charge in [-0.15, -0.1) is 0 Å². The number of amides is 3. The molecular weight excluding hydrogens is 381 g/mol. The molecule has 0 unspecified atom stereocenters. The van der Waals surface area contributed by atoms with Crippen molar-refractivity contribution >= 4 is 46.1 Å². The van der Waals surface area contributed by atoms with Gasteiger partial charge in [0.1, 0.15) is 0 Å². The molecule has 0 bridgehead atoms. The second-order valence-corrected chi connectivity index (χ2v) is 5.61. The van der Waals surface area contributed by atoms with Crippen molar-refractivity contribution in [2.45, 2.75) is 0 Å². The van der Waals surface area contributed by atoms with Gasteiger partial charge in [0, 0.05) is 35.8 Å². The number of rotatable bonds is 4. The molecule has 0 saturated carbocycles. The van der Waals surface area contributed by atoms with Crippen molar-refractivity contribution in [1.82, 2.24) is 15.5 Å². The van der Waals surface area contributed by atoms with Crippen LogP contribution in [0.2, 0.25) is 5.02 Å². The first-order valence-corrected chi connectivity index (χ1v) is 7.06. The average molecular weight is 396 g/mol. The van der Waals surface area contributed by atoms with Gasteiger partial charge < -0.3 is 15.5 Å². The number of nitrogens with one attached hydrogen (secondary N) is 2. The summed E-state index contributed by atoms with van der Waals surface area (Å²) >= 11 is 7.88. The van der Waals surface area contributed by atoms with Crippen LogP contribution in [0.4, 0.5) is 4.79 Å². The van der Waals surface area contributed by atoms with Crippen LogP contribution in [-0.4, -0.2) is 44.0 Å². The molecule has 0 saturated heterocycles. The summed E-state index contributed by atoms with van der Waals surface area (Å²) in [4.78, 5) is 24.5. The molecule has 0 aliphatic carbocycles. The highest BCUT2D eigenvalue weighted by atomic mass is 127. The average Bonchev–Trinajstić information content (AvgIpc) is 2.33. The number of halogens is 2. The zero-order valence-electron chi connectivity index (χ0n) is 10.7. The number of urea groups is 1. The van der Waals surface area contributed by atoms with E-state index in [2.05, 4.69) is 33.2 Å². The number of benzene rings is 1. The summed E-state index contributed by atoms with van der Waals surface area (Å²) in [6.07, 6.45) is 0. The first-order chi connectivity index (χ1) is 8.91. The van der Waals surface area contributed by atoms with Gasteiger partial charge in [-0.2, -0.15) is 0 Å². The molecule has 1 rings (SSSR count). The fourth-order valence-electron chi connectivity index (χ4n) is 1.27. The number of hydrogen-bond acceptors (Lipinski definition) is 2. The zero-order chi connectivity index (χ0) is 14.4. The molecule has 0 spiro atoms. The second kappa shape index (κ2) is 7.54. The maximum Gasteiger partial charge on any atom is 0.316 e. The van der Waals surface area contributed by atoms with E-state index in [0.29, 0.717) is 23.7 Å². The summed E-state index contributed by atoms with van der Waals surface area (Å²) in [7, 11) is 3.31. The van der Waals surface area contributed by atoms with Crippen LogP contribution in [-0.2, 0) is 0 Å². The Kier molecular flexibility index (Phi) is 6.36. The molecule has 0 atom stereocenters. The fraction of sp³-hybridized carbons (Fsp3) is 0.333.